The van der Waals surface area contributed by atoms with E-state index in [1.807, 2.05) is 0 Å². The van der Waals surface area contributed by atoms with Gasteiger partial charge in [0, 0.05) is 6.54 Å². The van der Waals surface area contributed by atoms with E-state index in [0.29, 0.717) is 19.9 Å². The Labute approximate surface area is 185 Å². The normalized spacial score (nSPS) is 15.4. The number of carbonyl (C=O) groups excluding carboxylic acids is 1. The SMILES string of the molecule is CCCCCCCCCCCCCCCCCCCN1CN(CO)CN(CO)C1=O. The van der Waals surface area contributed by atoms with Crippen molar-refractivity contribution in [1.82, 2.24) is 14.7 Å². The van der Waals surface area contributed by atoms with Crippen molar-refractivity contribution in [3.05, 3.63) is 0 Å². The predicted octanol–water partition coefficient (Wildman–Crippen LogP) is 5.49. The number of unbranched alkanes of at least 4 members (excludes halogenated alkanes) is 16. The van der Waals surface area contributed by atoms with Gasteiger partial charge in [-0.3, -0.25) is 4.90 Å². The average molecular weight is 428 g/mol. The number of aliphatic hydroxyl groups excluding tert-OH is 2. The van der Waals surface area contributed by atoms with E-state index < -0.39 is 0 Å². The standard InChI is InChI=1S/C24H49N3O3/c1-2-3-4-5-6-7-8-9-10-11-12-13-14-15-16-17-18-19-26-20-25(22-28)21-27(23-29)24(26)30/h28-29H,2-23H2,1H3. The van der Waals surface area contributed by atoms with Crippen molar-refractivity contribution >= 4 is 6.03 Å². The monoisotopic (exact) mass is 427 g/mol. The molecule has 0 unspecified atom stereocenters. The molecule has 0 aromatic rings. The quantitative estimate of drug-likeness (QED) is 0.252. The number of urea groups is 1. The Kier molecular flexibility index (Phi) is 17.1. The molecule has 0 aromatic carbocycles. The Morgan fingerprint density at radius 3 is 1.40 bits per heavy atom. The van der Waals surface area contributed by atoms with Crippen molar-refractivity contribution in [2.75, 3.05) is 33.3 Å². The molecule has 2 N–H and O–H groups in total. The zero-order valence-corrected chi connectivity index (χ0v) is 19.7. The molecule has 0 radical (unpaired) electrons. The lowest BCUT2D eigenvalue weighted by Gasteiger charge is -2.40. The van der Waals surface area contributed by atoms with Crippen LogP contribution in [0.3, 0.4) is 0 Å². The van der Waals surface area contributed by atoms with Crippen molar-refractivity contribution in [2.24, 2.45) is 0 Å². The highest BCUT2D eigenvalue weighted by Gasteiger charge is 2.28. The fourth-order valence-corrected chi connectivity index (χ4v) is 4.24. The van der Waals surface area contributed by atoms with E-state index in [1.54, 1.807) is 9.80 Å². The lowest BCUT2D eigenvalue weighted by Crippen LogP contribution is -2.58. The van der Waals surface area contributed by atoms with Gasteiger partial charge < -0.3 is 15.1 Å². The van der Waals surface area contributed by atoms with Gasteiger partial charge in [-0.2, -0.15) is 0 Å². The average Bonchev–Trinajstić information content (AvgIpc) is 2.76. The van der Waals surface area contributed by atoms with E-state index in [9.17, 15) is 15.0 Å². The van der Waals surface area contributed by atoms with Crippen molar-refractivity contribution in [2.45, 2.75) is 116 Å². The molecule has 1 saturated heterocycles. The zero-order valence-electron chi connectivity index (χ0n) is 19.7. The summed E-state index contributed by atoms with van der Waals surface area (Å²) in [4.78, 5) is 17.0. The summed E-state index contributed by atoms with van der Waals surface area (Å²) in [5, 5.41) is 18.6. The topological polar surface area (TPSA) is 67.2 Å². The second-order valence-electron chi connectivity index (χ2n) is 8.98. The smallest absolute Gasteiger partial charge is 0.323 e. The molecule has 6 nitrogen and oxygen atoms in total. The molecule has 1 aliphatic heterocycles. The Morgan fingerprint density at radius 2 is 1.00 bits per heavy atom. The molecule has 0 aliphatic carbocycles. The first kappa shape index (κ1) is 27.2. The van der Waals surface area contributed by atoms with E-state index in [0.717, 1.165) is 12.8 Å². The van der Waals surface area contributed by atoms with Crippen molar-refractivity contribution in [3.8, 4) is 0 Å². The minimum absolute atomic E-state index is 0.0979. The van der Waals surface area contributed by atoms with Crippen LogP contribution in [0, 0.1) is 0 Å². The van der Waals surface area contributed by atoms with Crippen molar-refractivity contribution < 1.29 is 15.0 Å². The molecular weight excluding hydrogens is 378 g/mol. The first-order valence-electron chi connectivity index (χ1n) is 12.7. The number of amides is 2. The van der Waals surface area contributed by atoms with Gasteiger partial charge in [-0.1, -0.05) is 110 Å². The maximum absolute atomic E-state index is 12.2. The molecule has 1 rings (SSSR count). The van der Waals surface area contributed by atoms with E-state index in [4.69, 9.17) is 0 Å². The van der Waals surface area contributed by atoms with Gasteiger partial charge in [0.15, 0.2) is 0 Å². The zero-order chi connectivity index (χ0) is 21.9. The molecule has 1 heterocycles. The summed E-state index contributed by atoms with van der Waals surface area (Å²) in [5.41, 5.74) is 0. The highest BCUT2D eigenvalue weighted by Crippen LogP contribution is 2.15. The van der Waals surface area contributed by atoms with Gasteiger partial charge in [0.25, 0.3) is 0 Å². The molecular formula is C24H49N3O3. The Morgan fingerprint density at radius 1 is 0.600 bits per heavy atom. The fraction of sp³-hybridized carbons (Fsp3) is 0.958. The number of hydrogen-bond donors (Lipinski definition) is 2. The number of hydrogen-bond acceptors (Lipinski definition) is 4. The Bertz CT molecular complexity index is 409. The van der Waals surface area contributed by atoms with Crippen LogP contribution in [0.25, 0.3) is 0 Å². The van der Waals surface area contributed by atoms with Crippen LogP contribution in [0.2, 0.25) is 0 Å². The van der Waals surface area contributed by atoms with Crippen molar-refractivity contribution in [3.63, 3.8) is 0 Å². The third-order valence-electron chi connectivity index (χ3n) is 6.18. The highest BCUT2D eigenvalue weighted by molar-refractivity contribution is 5.74. The van der Waals surface area contributed by atoms with Crippen LogP contribution in [0.15, 0.2) is 0 Å². The summed E-state index contributed by atoms with van der Waals surface area (Å²) in [6.07, 6.45) is 22.9. The maximum atomic E-state index is 12.2. The largest absolute Gasteiger partial charge is 0.381 e. The Hall–Kier alpha value is -0.850. The lowest BCUT2D eigenvalue weighted by molar-refractivity contribution is -0.0362. The van der Waals surface area contributed by atoms with Gasteiger partial charge in [-0.05, 0) is 6.42 Å². The predicted molar refractivity (Wildman–Crippen MR) is 124 cm³/mol. The van der Waals surface area contributed by atoms with E-state index in [1.165, 1.54) is 101 Å². The number of carbonyl (C=O) groups is 1. The summed E-state index contributed by atoms with van der Waals surface area (Å²) < 4.78 is 0. The second kappa shape index (κ2) is 18.9. The summed E-state index contributed by atoms with van der Waals surface area (Å²) in [7, 11) is 0. The first-order valence-corrected chi connectivity index (χ1v) is 12.7. The third-order valence-corrected chi connectivity index (χ3v) is 6.18. The van der Waals surface area contributed by atoms with Gasteiger partial charge in [0.05, 0.1) is 20.1 Å². The van der Waals surface area contributed by atoms with Gasteiger partial charge in [-0.15, -0.1) is 0 Å². The molecule has 0 aromatic heterocycles. The first-order chi connectivity index (χ1) is 14.7. The van der Waals surface area contributed by atoms with Crippen LogP contribution in [0.4, 0.5) is 4.79 Å². The maximum Gasteiger partial charge on any atom is 0.323 e. The van der Waals surface area contributed by atoms with E-state index in [-0.39, 0.29) is 19.5 Å². The van der Waals surface area contributed by atoms with E-state index >= 15 is 0 Å². The van der Waals surface area contributed by atoms with Gasteiger partial charge in [0.1, 0.15) is 6.73 Å². The van der Waals surface area contributed by atoms with Gasteiger partial charge >= 0.3 is 6.03 Å². The molecule has 1 fully saturated rings. The molecule has 1 aliphatic rings. The van der Waals surface area contributed by atoms with Gasteiger partial charge in [0.2, 0.25) is 0 Å². The Balaban J connectivity index is 1.86. The number of aliphatic hydroxyl groups is 2. The molecule has 178 valence electrons. The minimum Gasteiger partial charge on any atom is -0.381 e. The van der Waals surface area contributed by atoms with Crippen LogP contribution >= 0.6 is 0 Å². The fourth-order valence-electron chi connectivity index (χ4n) is 4.24. The van der Waals surface area contributed by atoms with Crippen LogP contribution in [-0.4, -0.2) is 64.3 Å². The third kappa shape index (κ3) is 12.8. The number of rotatable bonds is 20. The lowest BCUT2D eigenvalue weighted by atomic mass is 10.0. The molecule has 0 bridgehead atoms. The molecule has 30 heavy (non-hydrogen) atoms. The molecule has 0 saturated carbocycles. The van der Waals surface area contributed by atoms with Crippen LogP contribution in [0.5, 0.6) is 0 Å². The van der Waals surface area contributed by atoms with Crippen molar-refractivity contribution in [1.29, 1.82) is 0 Å². The molecule has 0 atom stereocenters. The minimum atomic E-state index is -0.301. The van der Waals surface area contributed by atoms with Crippen LogP contribution in [-0.2, 0) is 0 Å². The highest BCUT2D eigenvalue weighted by atomic mass is 16.3. The second-order valence-corrected chi connectivity index (χ2v) is 8.98. The van der Waals surface area contributed by atoms with E-state index in [2.05, 4.69) is 6.92 Å². The van der Waals surface area contributed by atoms with Crippen LogP contribution in [0.1, 0.15) is 116 Å². The molecule has 2 amide bonds. The summed E-state index contributed by atoms with van der Waals surface area (Å²) in [6.45, 7) is 3.32. The molecule has 0 spiro atoms. The summed E-state index contributed by atoms with van der Waals surface area (Å²) in [6, 6.07) is -0.126. The number of nitrogens with zero attached hydrogens (tertiary/aromatic N) is 3. The van der Waals surface area contributed by atoms with Crippen LogP contribution < -0.4 is 0 Å². The van der Waals surface area contributed by atoms with Gasteiger partial charge in [-0.25, -0.2) is 9.69 Å². The summed E-state index contributed by atoms with van der Waals surface area (Å²) in [5.74, 6) is 0. The summed E-state index contributed by atoms with van der Waals surface area (Å²) >= 11 is 0. The molecule has 6 heteroatoms.